The Morgan fingerprint density at radius 1 is 1.17 bits per heavy atom. The minimum Gasteiger partial charge on any atom is -0.147 e. The molecule has 0 N–H and O–H groups in total. The van der Waals surface area contributed by atoms with Crippen LogP contribution in [0.1, 0.15) is 54.4 Å². The molecule has 0 saturated heterocycles. The predicted molar refractivity (Wildman–Crippen MR) is 59.9 cm³/mol. The van der Waals surface area contributed by atoms with Gasteiger partial charge in [-0.3, -0.25) is 0 Å². The van der Waals surface area contributed by atoms with E-state index in [0.717, 1.165) is 11.8 Å². The molecule has 0 aromatic heterocycles. The molecule has 2 unspecified atom stereocenters. The van der Waals surface area contributed by atoms with Gasteiger partial charge in [0.25, 0.3) is 0 Å². The summed E-state index contributed by atoms with van der Waals surface area (Å²) in [5, 5.41) is 0. The first-order valence-electron chi connectivity index (χ1n) is 5.10. The standard InChI is InChI=1S/C9H18.C2H6.ClH/c1-5-6-8-7(2)9(8,3)4;1-2;/h7-8H,5-6H2,1-4H3;1-2H3;1H. The molecule has 0 radical (unpaired) electrons. The van der Waals surface area contributed by atoms with E-state index in [9.17, 15) is 0 Å². The van der Waals surface area contributed by atoms with Crippen molar-refractivity contribution in [1.29, 1.82) is 0 Å². The summed E-state index contributed by atoms with van der Waals surface area (Å²) in [4.78, 5) is 0. The third-order valence-electron chi connectivity index (χ3n) is 3.22. The van der Waals surface area contributed by atoms with E-state index >= 15 is 0 Å². The summed E-state index contributed by atoms with van der Waals surface area (Å²) in [6.07, 6.45) is 2.80. The van der Waals surface area contributed by atoms with Crippen molar-refractivity contribution in [3.05, 3.63) is 0 Å². The molecule has 0 heterocycles. The Kier molecular flexibility index (Phi) is 7.22. The second-order valence-corrected chi connectivity index (χ2v) is 4.01. The molecule has 1 saturated carbocycles. The second kappa shape index (κ2) is 5.85. The zero-order valence-electron chi connectivity index (χ0n) is 9.48. The van der Waals surface area contributed by atoms with Crippen LogP contribution in [0, 0.1) is 17.3 Å². The maximum absolute atomic E-state index is 2.39. The van der Waals surface area contributed by atoms with E-state index in [-0.39, 0.29) is 12.4 Å². The molecular formula is C11H25Cl. The number of hydrogen-bond acceptors (Lipinski definition) is 0. The van der Waals surface area contributed by atoms with Gasteiger partial charge in [0.1, 0.15) is 0 Å². The van der Waals surface area contributed by atoms with Crippen LogP contribution < -0.4 is 0 Å². The first kappa shape index (κ1) is 14.8. The van der Waals surface area contributed by atoms with E-state index < -0.39 is 0 Å². The van der Waals surface area contributed by atoms with Gasteiger partial charge in [0.05, 0.1) is 0 Å². The molecule has 2 atom stereocenters. The number of rotatable bonds is 2. The van der Waals surface area contributed by atoms with Crippen molar-refractivity contribution in [2.75, 3.05) is 0 Å². The summed E-state index contributed by atoms with van der Waals surface area (Å²) < 4.78 is 0. The van der Waals surface area contributed by atoms with Crippen LogP contribution in [-0.2, 0) is 0 Å². The molecule has 1 heteroatoms. The van der Waals surface area contributed by atoms with Crippen LogP contribution in [0.2, 0.25) is 0 Å². The summed E-state index contributed by atoms with van der Waals surface area (Å²) in [5.74, 6) is 2.01. The Morgan fingerprint density at radius 3 is 1.58 bits per heavy atom. The highest BCUT2D eigenvalue weighted by Gasteiger charge is 2.52. The molecule has 0 bridgehead atoms. The van der Waals surface area contributed by atoms with E-state index in [0.29, 0.717) is 5.41 Å². The van der Waals surface area contributed by atoms with Crippen LogP contribution in [0.5, 0.6) is 0 Å². The largest absolute Gasteiger partial charge is 0.147 e. The molecular weight excluding hydrogens is 168 g/mol. The maximum Gasteiger partial charge on any atom is -0.0295 e. The van der Waals surface area contributed by atoms with E-state index in [2.05, 4.69) is 27.7 Å². The molecule has 1 aliphatic carbocycles. The van der Waals surface area contributed by atoms with Gasteiger partial charge < -0.3 is 0 Å². The summed E-state index contributed by atoms with van der Waals surface area (Å²) in [6.45, 7) is 13.4. The van der Waals surface area contributed by atoms with Crippen LogP contribution in [0.15, 0.2) is 0 Å². The summed E-state index contributed by atoms with van der Waals surface area (Å²) >= 11 is 0. The van der Waals surface area contributed by atoms with E-state index in [4.69, 9.17) is 0 Å². The molecule has 0 aromatic carbocycles. The molecule has 0 aromatic rings. The van der Waals surface area contributed by atoms with Gasteiger partial charge in [0, 0.05) is 0 Å². The zero-order valence-corrected chi connectivity index (χ0v) is 10.3. The molecule has 12 heavy (non-hydrogen) atoms. The fourth-order valence-corrected chi connectivity index (χ4v) is 1.95. The molecule has 76 valence electrons. The lowest BCUT2D eigenvalue weighted by molar-refractivity contribution is 0.522. The fraction of sp³-hybridized carbons (Fsp3) is 1.00. The normalized spacial score (nSPS) is 29.5. The van der Waals surface area contributed by atoms with Crippen molar-refractivity contribution in [2.24, 2.45) is 17.3 Å². The number of halogens is 1. The van der Waals surface area contributed by atoms with Crippen molar-refractivity contribution in [1.82, 2.24) is 0 Å². The maximum atomic E-state index is 2.39. The number of hydrogen-bond donors (Lipinski definition) is 0. The minimum atomic E-state index is 0. The van der Waals surface area contributed by atoms with Crippen molar-refractivity contribution >= 4 is 12.4 Å². The molecule has 0 aliphatic heterocycles. The molecule has 1 fully saturated rings. The summed E-state index contributed by atoms with van der Waals surface area (Å²) in [5.41, 5.74) is 0.677. The Hall–Kier alpha value is 0.290. The average molecular weight is 193 g/mol. The van der Waals surface area contributed by atoms with Gasteiger partial charge in [-0.15, -0.1) is 12.4 Å². The fourth-order valence-electron chi connectivity index (χ4n) is 1.95. The minimum absolute atomic E-state index is 0. The average Bonchev–Trinajstić information content (AvgIpc) is 2.44. The third kappa shape index (κ3) is 2.97. The second-order valence-electron chi connectivity index (χ2n) is 4.01. The lowest BCUT2D eigenvalue weighted by Crippen LogP contribution is -1.88. The SMILES string of the molecule is CC.CCCC1C(C)C1(C)C.Cl. The van der Waals surface area contributed by atoms with Crippen LogP contribution in [0.25, 0.3) is 0 Å². The molecule has 1 aliphatic rings. The molecule has 1 rings (SSSR count). The van der Waals surface area contributed by atoms with Gasteiger partial charge in [0.2, 0.25) is 0 Å². The Bertz CT molecular complexity index is 108. The zero-order chi connectivity index (χ0) is 9.07. The first-order valence-corrected chi connectivity index (χ1v) is 5.10. The smallest absolute Gasteiger partial charge is 0.0295 e. The Labute approximate surface area is 84.5 Å². The van der Waals surface area contributed by atoms with E-state index in [1.54, 1.807) is 0 Å². The molecule has 0 amide bonds. The van der Waals surface area contributed by atoms with Crippen LogP contribution in [-0.4, -0.2) is 0 Å². The van der Waals surface area contributed by atoms with Gasteiger partial charge >= 0.3 is 0 Å². The third-order valence-corrected chi connectivity index (χ3v) is 3.22. The predicted octanol–water partition coefficient (Wildman–Crippen LogP) is 4.53. The highest BCUT2D eigenvalue weighted by atomic mass is 35.5. The van der Waals surface area contributed by atoms with Crippen molar-refractivity contribution in [3.63, 3.8) is 0 Å². The van der Waals surface area contributed by atoms with Crippen molar-refractivity contribution in [3.8, 4) is 0 Å². The summed E-state index contributed by atoms with van der Waals surface area (Å²) in [7, 11) is 0. The van der Waals surface area contributed by atoms with Crippen LogP contribution >= 0.6 is 12.4 Å². The monoisotopic (exact) mass is 192 g/mol. The van der Waals surface area contributed by atoms with Gasteiger partial charge in [-0.05, 0) is 23.7 Å². The van der Waals surface area contributed by atoms with E-state index in [1.165, 1.54) is 12.8 Å². The van der Waals surface area contributed by atoms with Gasteiger partial charge in [-0.1, -0.05) is 48.0 Å². The van der Waals surface area contributed by atoms with Gasteiger partial charge in [0.15, 0.2) is 0 Å². The van der Waals surface area contributed by atoms with Gasteiger partial charge in [-0.2, -0.15) is 0 Å². The first-order chi connectivity index (χ1) is 5.10. The highest BCUT2D eigenvalue weighted by molar-refractivity contribution is 5.85. The lowest BCUT2D eigenvalue weighted by Gasteiger charge is -1.98. The molecule has 0 spiro atoms. The van der Waals surface area contributed by atoms with Crippen molar-refractivity contribution < 1.29 is 0 Å². The molecule has 0 nitrogen and oxygen atoms in total. The lowest BCUT2D eigenvalue weighted by atomic mass is 10.1. The van der Waals surface area contributed by atoms with Crippen molar-refractivity contribution in [2.45, 2.75) is 54.4 Å². The Morgan fingerprint density at radius 2 is 1.50 bits per heavy atom. The van der Waals surface area contributed by atoms with Crippen LogP contribution in [0.4, 0.5) is 0 Å². The highest BCUT2D eigenvalue weighted by Crippen LogP contribution is 2.59. The van der Waals surface area contributed by atoms with E-state index in [1.807, 2.05) is 13.8 Å². The Balaban J connectivity index is 0. The summed E-state index contributed by atoms with van der Waals surface area (Å²) in [6, 6.07) is 0. The quantitative estimate of drug-likeness (QED) is 0.603. The van der Waals surface area contributed by atoms with Gasteiger partial charge in [-0.25, -0.2) is 0 Å². The van der Waals surface area contributed by atoms with Crippen LogP contribution in [0.3, 0.4) is 0 Å². The topological polar surface area (TPSA) is 0 Å².